The summed E-state index contributed by atoms with van der Waals surface area (Å²) in [5.41, 5.74) is 3.12. The SMILES string of the molecule is CCCc1cc(NC)cc(OC(F)(F)F)c1.Cc1cnc(N2CCCS2)cc1C=O. The van der Waals surface area contributed by atoms with Crippen molar-refractivity contribution in [1.82, 2.24) is 4.98 Å². The molecule has 2 aromatic rings. The maximum Gasteiger partial charge on any atom is 0.573 e. The number of ether oxygens (including phenoxy) is 1. The highest BCUT2D eigenvalue weighted by molar-refractivity contribution is 8.00. The lowest BCUT2D eigenvalue weighted by molar-refractivity contribution is -0.274. The van der Waals surface area contributed by atoms with Gasteiger partial charge in [-0.3, -0.25) is 4.79 Å². The molecule has 1 aromatic heterocycles. The van der Waals surface area contributed by atoms with Gasteiger partial charge in [-0.1, -0.05) is 13.3 Å². The van der Waals surface area contributed by atoms with E-state index in [1.165, 1.54) is 18.6 Å². The second-order valence-electron chi connectivity index (χ2n) is 6.72. The molecule has 0 bridgehead atoms. The summed E-state index contributed by atoms with van der Waals surface area (Å²) in [5, 5.41) is 2.80. The Hall–Kier alpha value is -2.42. The average Bonchev–Trinajstić information content (AvgIpc) is 3.22. The van der Waals surface area contributed by atoms with Crippen molar-refractivity contribution in [3.05, 3.63) is 47.2 Å². The van der Waals surface area contributed by atoms with E-state index in [0.29, 0.717) is 5.69 Å². The van der Waals surface area contributed by atoms with Gasteiger partial charge >= 0.3 is 6.36 Å². The molecule has 9 heteroatoms. The second kappa shape index (κ2) is 11.1. The molecule has 1 aliphatic rings. The standard InChI is InChI=1S/C11H14F3NO.C10H12N2OS/c1-3-4-8-5-9(15-2)7-10(6-8)16-11(12,13)14;1-8-6-11-10(5-9(8)7-13)12-3-2-4-14-12/h5-7,15H,3-4H2,1-2H3;5-7H,2-4H2,1H3. The summed E-state index contributed by atoms with van der Waals surface area (Å²) in [5.74, 6) is 1.87. The number of alkyl halides is 3. The lowest BCUT2D eigenvalue weighted by Crippen LogP contribution is -2.17. The third-order valence-corrected chi connectivity index (χ3v) is 5.45. The van der Waals surface area contributed by atoms with Gasteiger partial charge in [-0.2, -0.15) is 0 Å². The van der Waals surface area contributed by atoms with Gasteiger partial charge in [0.2, 0.25) is 0 Å². The zero-order valence-electron chi connectivity index (χ0n) is 17.3. The van der Waals surface area contributed by atoms with Crippen LogP contribution in [-0.2, 0) is 6.42 Å². The lowest BCUT2D eigenvalue weighted by Gasteiger charge is -2.15. The van der Waals surface area contributed by atoms with Crippen LogP contribution in [0.2, 0.25) is 0 Å². The molecule has 0 saturated carbocycles. The first-order valence-corrected chi connectivity index (χ1v) is 10.6. The van der Waals surface area contributed by atoms with E-state index in [4.69, 9.17) is 0 Å². The van der Waals surface area contributed by atoms with Crippen molar-refractivity contribution < 1.29 is 22.7 Å². The summed E-state index contributed by atoms with van der Waals surface area (Å²) < 4.78 is 42.2. The molecule has 164 valence electrons. The number of aromatic nitrogens is 1. The summed E-state index contributed by atoms with van der Waals surface area (Å²) >= 11 is 1.78. The van der Waals surface area contributed by atoms with Gasteiger partial charge in [0.05, 0.1) is 0 Å². The molecule has 5 nitrogen and oxygen atoms in total. The van der Waals surface area contributed by atoms with E-state index in [2.05, 4.69) is 19.3 Å². The number of hydrogen-bond acceptors (Lipinski definition) is 6. The van der Waals surface area contributed by atoms with Crippen LogP contribution in [0.5, 0.6) is 5.75 Å². The number of carbonyl (C=O) groups is 1. The first-order chi connectivity index (χ1) is 14.3. The summed E-state index contributed by atoms with van der Waals surface area (Å²) in [7, 11) is 1.66. The molecule has 2 heterocycles. The van der Waals surface area contributed by atoms with Gasteiger partial charge in [-0.15, -0.1) is 13.2 Å². The summed E-state index contributed by atoms with van der Waals surface area (Å²) in [4.78, 5) is 15.1. The van der Waals surface area contributed by atoms with E-state index in [9.17, 15) is 18.0 Å². The average molecular weight is 442 g/mol. The number of hydrogen-bond donors (Lipinski definition) is 1. The van der Waals surface area contributed by atoms with E-state index in [-0.39, 0.29) is 5.75 Å². The number of benzene rings is 1. The molecule has 1 aliphatic heterocycles. The van der Waals surface area contributed by atoms with Gasteiger partial charge in [0, 0.05) is 42.9 Å². The highest BCUT2D eigenvalue weighted by atomic mass is 32.2. The van der Waals surface area contributed by atoms with Crippen molar-refractivity contribution >= 4 is 29.7 Å². The first-order valence-electron chi connectivity index (χ1n) is 9.65. The van der Waals surface area contributed by atoms with Gasteiger partial charge in [-0.05, 0) is 61.0 Å². The van der Waals surface area contributed by atoms with E-state index in [0.717, 1.165) is 53.9 Å². The van der Waals surface area contributed by atoms with E-state index in [1.807, 2.05) is 26.0 Å². The van der Waals surface area contributed by atoms with Crippen molar-refractivity contribution in [2.75, 3.05) is 29.0 Å². The zero-order chi connectivity index (χ0) is 22.1. The molecule has 0 amide bonds. The van der Waals surface area contributed by atoms with Crippen LogP contribution in [0.3, 0.4) is 0 Å². The van der Waals surface area contributed by atoms with Gasteiger partial charge in [0.1, 0.15) is 11.6 Å². The molecule has 1 saturated heterocycles. The Morgan fingerprint density at radius 3 is 2.63 bits per heavy atom. The molecular formula is C21H26F3N3O2S. The van der Waals surface area contributed by atoms with E-state index >= 15 is 0 Å². The van der Waals surface area contributed by atoms with Gasteiger partial charge in [0.15, 0.2) is 6.29 Å². The van der Waals surface area contributed by atoms with Crippen LogP contribution in [0.4, 0.5) is 24.7 Å². The summed E-state index contributed by atoms with van der Waals surface area (Å²) in [6.45, 7) is 4.90. The zero-order valence-corrected chi connectivity index (χ0v) is 18.1. The number of nitrogens with one attached hydrogen (secondary N) is 1. The van der Waals surface area contributed by atoms with Gasteiger partial charge in [0.25, 0.3) is 0 Å². The van der Waals surface area contributed by atoms with Crippen molar-refractivity contribution in [3.8, 4) is 5.75 Å². The third kappa shape index (κ3) is 7.44. The van der Waals surface area contributed by atoms with Crippen LogP contribution in [0, 0.1) is 6.92 Å². The first kappa shape index (κ1) is 23.9. The van der Waals surface area contributed by atoms with Crippen molar-refractivity contribution in [1.29, 1.82) is 0 Å². The number of carbonyl (C=O) groups excluding carboxylic acids is 1. The number of anilines is 2. The molecule has 0 aliphatic carbocycles. The Balaban J connectivity index is 0.000000215. The number of aryl methyl sites for hydroxylation is 2. The Kier molecular flexibility index (Phi) is 8.83. The topological polar surface area (TPSA) is 54.5 Å². The predicted octanol–water partition coefficient (Wildman–Crippen LogP) is 5.64. The molecule has 30 heavy (non-hydrogen) atoms. The number of pyridine rings is 1. The smallest absolute Gasteiger partial charge is 0.406 e. The fourth-order valence-electron chi connectivity index (χ4n) is 2.85. The predicted molar refractivity (Wildman–Crippen MR) is 115 cm³/mol. The van der Waals surface area contributed by atoms with Crippen LogP contribution >= 0.6 is 11.9 Å². The number of rotatable bonds is 6. The Bertz CT molecular complexity index is 841. The molecular weight excluding hydrogens is 415 g/mol. The van der Waals surface area contributed by atoms with Gasteiger partial charge < -0.3 is 14.4 Å². The van der Waals surface area contributed by atoms with Crippen LogP contribution in [0.15, 0.2) is 30.5 Å². The maximum absolute atomic E-state index is 12.1. The number of halogens is 3. The van der Waals surface area contributed by atoms with Crippen LogP contribution < -0.4 is 14.4 Å². The molecule has 1 fully saturated rings. The number of aldehydes is 1. The lowest BCUT2D eigenvalue weighted by atomic mass is 10.1. The monoisotopic (exact) mass is 441 g/mol. The van der Waals surface area contributed by atoms with Crippen LogP contribution in [0.1, 0.15) is 41.3 Å². The molecule has 1 N–H and O–H groups in total. The highest BCUT2D eigenvalue weighted by Crippen LogP contribution is 2.28. The molecule has 1 aromatic carbocycles. The van der Waals surface area contributed by atoms with Crippen LogP contribution in [0.25, 0.3) is 0 Å². The molecule has 0 radical (unpaired) electrons. The van der Waals surface area contributed by atoms with Crippen molar-refractivity contribution in [2.45, 2.75) is 39.5 Å². The van der Waals surface area contributed by atoms with Crippen molar-refractivity contribution in [3.63, 3.8) is 0 Å². The summed E-state index contributed by atoms with van der Waals surface area (Å²) in [6, 6.07) is 6.41. The maximum atomic E-state index is 12.1. The molecule has 0 spiro atoms. The Labute approximate surface area is 179 Å². The largest absolute Gasteiger partial charge is 0.573 e. The Morgan fingerprint density at radius 1 is 1.30 bits per heavy atom. The number of nitrogens with zero attached hydrogens (tertiary/aromatic N) is 2. The highest BCUT2D eigenvalue weighted by Gasteiger charge is 2.31. The fraction of sp³-hybridized carbons (Fsp3) is 0.429. The summed E-state index contributed by atoms with van der Waals surface area (Å²) in [6.07, 6.45) is 0.800. The minimum atomic E-state index is -4.64. The molecule has 0 atom stereocenters. The Morgan fingerprint density at radius 2 is 2.07 bits per heavy atom. The fourth-order valence-corrected chi connectivity index (χ4v) is 3.82. The quantitative estimate of drug-likeness (QED) is 0.463. The minimum Gasteiger partial charge on any atom is -0.406 e. The van der Waals surface area contributed by atoms with Crippen molar-refractivity contribution in [2.24, 2.45) is 0 Å². The normalized spacial score (nSPS) is 13.5. The van der Waals surface area contributed by atoms with E-state index < -0.39 is 6.36 Å². The third-order valence-electron chi connectivity index (χ3n) is 4.29. The minimum absolute atomic E-state index is 0.178. The molecule has 3 rings (SSSR count). The van der Waals surface area contributed by atoms with Gasteiger partial charge in [-0.25, -0.2) is 4.98 Å². The van der Waals surface area contributed by atoms with E-state index in [1.54, 1.807) is 25.2 Å². The van der Waals surface area contributed by atoms with Crippen LogP contribution in [-0.4, -0.2) is 37.0 Å². The molecule has 0 unspecified atom stereocenters. The second-order valence-corrected chi connectivity index (χ2v) is 7.83.